The molecule has 0 unspecified atom stereocenters. The molecule has 0 amide bonds. The molecule has 0 heterocycles. The summed E-state index contributed by atoms with van der Waals surface area (Å²) in [5, 5.41) is 3.38. The van der Waals surface area contributed by atoms with Crippen LogP contribution in [-0.4, -0.2) is 5.54 Å². The van der Waals surface area contributed by atoms with E-state index in [1.807, 2.05) is 0 Å². The van der Waals surface area contributed by atoms with Gasteiger partial charge in [0, 0.05) is 16.9 Å². The highest BCUT2D eigenvalue weighted by molar-refractivity contribution is 5.55. The average Bonchev–Trinajstić information content (AvgIpc) is 2.49. The lowest BCUT2D eigenvalue weighted by Gasteiger charge is -2.26. The van der Waals surface area contributed by atoms with E-state index in [0.29, 0.717) is 5.69 Å². The molecule has 0 saturated heterocycles. The summed E-state index contributed by atoms with van der Waals surface area (Å²) in [5.41, 5.74) is 6.97. The molecule has 0 spiro atoms. The van der Waals surface area contributed by atoms with Crippen molar-refractivity contribution in [1.82, 2.24) is 0 Å². The molecule has 1 aromatic rings. The summed E-state index contributed by atoms with van der Waals surface area (Å²) in [6.45, 7) is 2.18. The van der Waals surface area contributed by atoms with Crippen molar-refractivity contribution in [3.05, 3.63) is 24.0 Å². The topological polar surface area (TPSA) is 38.0 Å². The monoisotopic (exact) mass is 208 g/mol. The first-order chi connectivity index (χ1) is 7.07. The molecule has 1 saturated carbocycles. The van der Waals surface area contributed by atoms with E-state index in [-0.39, 0.29) is 11.4 Å². The van der Waals surface area contributed by atoms with Gasteiger partial charge in [-0.25, -0.2) is 4.39 Å². The molecular weight excluding hydrogens is 191 g/mol. The van der Waals surface area contributed by atoms with Gasteiger partial charge in [0.1, 0.15) is 5.82 Å². The van der Waals surface area contributed by atoms with Crippen LogP contribution in [0.5, 0.6) is 0 Å². The average molecular weight is 208 g/mol. The zero-order chi connectivity index (χ0) is 10.9. The number of nitrogens with two attached hydrogens (primary N) is 1. The summed E-state index contributed by atoms with van der Waals surface area (Å²) in [6.07, 6.45) is 4.77. The number of nitrogens with one attached hydrogen (secondary N) is 1. The van der Waals surface area contributed by atoms with Crippen LogP contribution in [-0.2, 0) is 0 Å². The number of hydrogen-bond donors (Lipinski definition) is 2. The Kier molecular flexibility index (Phi) is 2.55. The second-order valence-corrected chi connectivity index (χ2v) is 4.67. The predicted octanol–water partition coefficient (Wildman–Crippen LogP) is 3.15. The number of anilines is 2. The molecule has 1 fully saturated rings. The van der Waals surface area contributed by atoms with E-state index in [1.54, 1.807) is 6.07 Å². The summed E-state index contributed by atoms with van der Waals surface area (Å²) in [7, 11) is 0. The Bertz CT molecular complexity index is 336. The summed E-state index contributed by atoms with van der Waals surface area (Å²) in [6, 6.07) is 4.62. The Morgan fingerprint density at radius 2 is 1.93 bits per heavy atom. The summed E-state index contributed by atoms with van der Waals surface area (Å²) >= 11 is 0. The minimum Gasteiger partial charge on any atom is -0.399 e. The van der Waals surface area contributed by atoms with Crippen LogP contribution in [0.1, 0.15) is 32.6 Å². The smallest absolute Gasteiger partial charge is 0.127 e. The summed E-state index contributed by atoms with van der Waals surface area (Å²) < 4.78 is 13.1. The fourth-order valence-corrected chi connectivity index (χ4v) is 2.31. The molecule has 1 aromatic carbocycles. The van der Waals surface area contributed by atoms with E-state index in [4.69, 9.17) is 5.73 Å². The summed E-state index contributed by atoms with van der Waals surface area (Å²) in [4.78, 5) is 0. The van der Waals surface area contributed by atoms with Gasteiger partial charge < -0.3 is 11.1 Å². The zero-order valence-electron chi connectivity index (χ0n) is 9.02. The van der Waals surface area contributed by atoms with Gasteiger partial charge in [-0.1, -0.05) is 12.8 Å². The Labute approximate surface area is 89.7 Å². The molecule has 0 radical (unpaired) electrons. The van der Waals surface area contributed by atoms with Crippen molar-refractivity contribution < 1.29 is 4.39 Å². The van der Waals surface area contributed by atoms with Crippen LogP contribution in [0.2, 0.25) is 0 Å². The Hall–Kier alpha value is -1.25. The second-order valence-electron chi connectivity index (χ2n) is 4.67. The van der Waals surface area contributed by atoms with E-state index >= 15 is 0 Å². The van der Waals surface area contributed by atoms with Gasteiger partial charge in [0.15, 0.2) is 0 Å². The van der Waals surface area contributed by atoms with Gasteiger partial charge in [-0.2, -0.15) is 0 Å². The van der Waals surface area contributed by atoms with Crippen molar-refractivity contribution in [2.24, 2.45) is 0 Å². The van der Waals surface area contributed by atoms with Crippen LogP contribution in [0.4, 0.5) is 15.8 Å². The molecule has 0 bridgehead atoms. The normalized spacial score (nSPS) is 19.1. The van der Waals surface area contributed by atoms with Crippen molar-refractivity contribution in [3.63, 3.8) is 0 Å². The highest BCUT2D eigenvalue weighted by Gasteiger charge is 2.28. The third-order valence-corrected chi connectivity index (χ3v) is 3.07. The molecule has 0 aromatic heterocycles. The van der Waals surface area contributed by atoms with Gasteiger partial charge >= 0.3 is 0 Å². The van der Waals surface area contributed by atoms with Crippen molar-refractivity contribution in [2.75, 3.05) is 11.1 Å². The molecule has 3 N–H and O–H groups in total. The first-order valence-electron chi connectivity index (χ1n) is 5.42. The molecule has 1 aliphatic rings. The quantitative estimate of drug-likeness (QED) is 0.733. The number of benzene rings is 1. The maximum absolute atomic E-state index is 13.1. The molecule has 2 rings (SSSR count). The SMILES string of the molecule is CC1(Nc2cc(N)cc(F)c2)CCCC1. The zero-order valence-corrected chi connectivity index (χ0v) is 9.02. The minimum absolute atomic E-state index is 0.111. The van der Waals surface area contributed by atoms with E-state index in [0.717, 1.165) is 18.5 Å². The fourth-order valence-electron chi connectivity index (χ4n) is 2.31. The largest absolute Gasteiger partial charge is 0.399 e. The lowest BCUT2D eigenvalue weighted by atomic mass is 10.0. The van der Waals surface area contributed by atoms with Gasteiger partial charge in [-0.3, -0.25) is 0 Å². The van der Waals surface area contributed by atoms with Crippen LogP contribution in [0.25, 0.3) is 0 Å². The van der Waals surface area contributed by atoms with Crippen molar-refractivity contribution in [1.29, 1.82) is 0 Å². The van der Waals surface area contributed by atoms with Gasteiger partial charge in [0.25, 0.3) is 0 Å². The van der Waals surface area contributed by atoms with Crippen molar-refractivity contribution in [2.45, 2.75) is 38.1 Å². The van der Waals surface area contributed by atoms with Gasteiger partial charge in [0.05, 0.1) is 0 Å². The predicted molar refractivity (Wildman–Crippen MR) is 61.3 cm³/mol. The molecule has 0 aliphatic heterocycles. The van der Waals surface area contributed by atoms with E-state index < -0.39 is 0 Å². The molecule has 2 nitrogen and oxygen atoms in total. The Balaban J connectivity index is 2.16. The summed E-state index contributed by atoms with van der Waals surface area (Å²) in [5.74, 6) is -0.279. The molecule has 0 atom stereocenters. The fraction of sp³-hybridized carbons (Fsp3) is 0.500. The van der Waals surface area contributed by atoms with Crippen LogP contribution >= 0.6 is 0 Å². The van der Waals surface area contributed by atoms with Gasteiger partial charge in [-0.05, 0) is 38.0 Å². The lowest BCUT2D eigenvalue weighted by molar-refractivity contribution is 0.532. The highest BCUT2D eigenvalue weighted by Crippen LogP contribution is 2.33. The first kappa shape index (κ1) is 10.3. The molecule has 15 heavy (non-hydrogen) atoms. The van der Waals surface area contributed by atoms with E-state index in [9.17, 15) is 4.39 Å². The van der Waals surface area contributed by atoms with Gasteiger partial charge in [-0.15, -0.1) is 0 Å². The lowest BCUT2D eigenvalue weighted by Crippen LogP contribution is -2.30. The van der Waals surface area contributed by atoms with Crippen LogP contribution in [0, 0.1) is 5.82 Å². The second kappa shape index (κ2) is 3.72. The Morgan fingerprint density at radius 1 is 1.27 bits per heavy atom. The van der Waals surface area contributed by atoms with E-state index in [1.165, 1.54) is 25.0 Å². The first-order valence-corrected chi connectivity index (χ1v) is 5.42. The maximum atomic E-state index is 13.1. The maximum Gasteiger partial charge on any atom is 0.127 e. The molecule has 3 heteroatoms. The number of halogens is 1. The molecule has 1 aliphatic carbocycles. The highest BCUT2D eigenvalue weighted by atomic mass is 19.1. The van der Waals surface area contributed by atoms with Crippen LogP contribution in [0.3, 0.4) is 0 Å². The Morgan fingerprint density at radius 3 is 2.53 bits per heavy atom. The minimum atomic E-state index is -0.279. The third-order valence-electron chi connectivity index (χ3n) is 3.07. The van der Waals surface area contributed by atoms with Gasteiger partial charge in [0.2, 0.25) is 0 Å². The van der Waals surface area contributed by atoms with Crippen molar-refractivity contribution in [3.8, 4) is 0 Å². The van der Waals surface area contributed by atoms with Crippen LogP contribution in [0.15, 0.2) is 18.2 Å². The van der Waals surface area contributed by atoms with Crippen molar-refractivity contribution >= 4 is 11.4 Å². The third kappa shape index (κ3) is 2.41. The van der Waals surface area contributed by atoms with E-state index in [2.05, 4.69) is 12.2 Å². The van der Waals surface area contributed by atoms with Crippen LogP contribution < -0.4 is 11.1 Å². The standard InChI is InChI=1S/C12H17FN2/c1-12(4-2-3-5-12)15-11-7-9(13)6-10(14)8-11/h6-8,15H,2-5,14H2,1H3. The number of rotatable bonds is 2. The number of hydrogen-bond acceptors (Lipinski definition) is 2. The molecular formula is C12H17FN2. The number of nitrogen functional groups attached to an aromatic ring is 1. The molecule has 82 valence electrons.